The number of nitrogens with zero attached hydrogens (tertiary/aromatic N) is 4. The third-order valence-electron chi connectivity index (χ3n) is 2.72. The van der Waals surface area contributed by atoms with Crippen LogP contribution in [0.25, 0.3) is 11.4 Å². The molecule has 0 aliphatic rings. The van der Waals surface area contributed by atoms with E-state index in [-0.39, 0.29) is 5.95 Å². The summed E-state index contributed by atoms with van der Waals surface area (Å²) in [5.41, 5.74) is 6.70. The Morgan fingerprint density at radius 2 is 1.67 bits per heavy atom. The van der Waals surface area contributed by atoms with Crippen molar-refractivity contribution in [3.05, 3.63) is 30.3 Å². The van der Waals surface area contributed by atoms with Gasteiger partial charge in [-0.2, -0.15) is 15.0 Å². The predicted molar refractivity (Wildman–Crippen MR) is 73.2 cm³/mol. The molecule has 2 aromatic rings. The molecule has 18 heavy (non-hydrogen) atoms. The summed E-state index contributed by atoms with van der Waals surface area (Å²) in [7, 11) is 0. The fraction of sp³-hybridized carbons (Fsp3) is 0.308. The van der Waals surface area contributed by atoms with E-state index < -0.39 is 0 Å². The smallest absolute Gasteiger partial charge is 0.230 e. The molecule has 1 aromatic heterocycles. The Bertz CT molecular complexity index is 508. The van der Waals surface area contributed by atoms with E-state index in [9.17, 15) is 0 Å². The first kappa shape index (κ1) is 12.3. The van der Waals surface area contributed by atoms with Crippen molar-refractivity contribution in [3.63, 3.8) is 0 Å². The number of aromatic nitrogens is 3. The molecular weight excluding hydrogens is 226 g/mol. The molecular formula is C13H17N5. The minimum atomic E-state index is 0.255. The zero-order chi connectivity index (χ0) is 13.0. The van der Waals surface area contributed by atoms with Crippen LogP contribution in [0.5, 0.6) is 0 Å². The molecule has 1 aromatic carbocycles. The first-order valence-electron chi connectivity index (χ1n) is 6.06. The lowest BCUT2D eigenvalue weighted by Gasteiger charge is -2.18. The van der Waals surface area contributed by atoms with Gasteiger partial charge in [0.15, 0.2) is 5.82 Å². The van der Waals surface area contributed by atoms with E-state index in [1.54, 1.807) is 0 Å². The summed E-state index contributed by atoms with van der Waals surface area (Å²) in [5.74, 6) is 1.50. The summed E-state index contributed by atoms with van der Waals surface area (Å²) in [6, 6.07) is 9.78. The van der Waals surface area contributed by atoms with Crippen LogP contribution in [0.15, 0.2) is 30.3 Å². The van der Waals surface area contributed by atoms with E-state index in [4.69, 9.17) is 5.73 Å². The number of hydrogen-bond donors (Lipinski definition) is 1. The van der Waals surface area contributed by atoms with Gasteiger partial charge in [0.25, 0.3) is 0 Å². The Balaban J connectivity index is 2.44. The number of nitrogens with two attached hydrogens (primary N) is 1. The lowest BCUT2D eigenvalue weighted by Crippen LogP contribution is -2.25. The van der Waals surface area contributed by atoms with Crippen LogP contribution in [0.2, 0.25) is 0 Å². The lowest BCUT2D eigenvalue weighted by molar-refractivity contribution is 0.816. The second-order valence-electron chi connectivity index (χ2n) is 3.86. The molecule has 0 radical (unpaired) electrons. The fourth-order valence-electron chi connectivity index (χ4n) is 1.74. The molecule has 0 aliphatic carbocycles. The first-order valence-corrected chi connectivity index (χ1v) is 6.06. The highest BCUT2D eigenvalue weighted by Gasteiger charge is 2.10. The molecule has 0 bridgehead atoms. The van der Waals surface area contributed by atoms with E-state index in [1.165, 1.54) is 0 Å². The first-order chi connectivity index (χ1) is 8.74. The van der Waals surface area contributed by atoms with Crippen LogP contribution < -0.4 is 10.6 Å². The van der Waals surface area contributed by atoms with Crippen molar-refractivity contribution >= 4 is 11.9 Å². The minimum absolute atomic E-state index is 0.255. The van der Waals surface area contributed by atoms with E-state index in [0.717, 1.165) is 18.7 Å². The summed E-state index contributed by atoms with van der Waals surface area (Å²) >= 11 is 0. The fourth-order valence-corrected chi connectivity index (χ4v) is 1.74. The molecule has 5 heteroatoms. The Morgan fingerprint density at radius 3 is 2.28 bits per heavy atom. The molecule has 0 fully saturated rings. The van der Waals surface area contributed by atoms with Gasteiger partial charge in [0, 0.05) is 18.7 Å². The van der Waals surface area contributed by atoms with Crippen LogP contribution in [0.1, 0.15) is 13.8 Å². The van der Waals surface area contributed by atoms with Crippen LogP contribution in [0.3, 0.4) is 0 Å². The second kappa shape index (κ2) is 5.44. The quantitative estimate of drug-likeness (QED) is 0.889. The van der Waals surface area contributed by atoms with Crippen LogP contribution in [-0.4, -0.2) is 28.0 Å². The van der Waals surface area contributed by atoms with Crippen LogP contribution in [0.4, 0.5) is 11.9 Å². The molecule has 0 saturated carbocycles. The Morgan fingerprint density at radius 1 is 1.00 bits per heavy atom. The van der Waals surface area contributed by atoms with Crippen LogP contribution in [0, 0.1) is 0 Å². The highest BCUT2D eigenvalue weighted by molar-refractivity contribution is 5.57. The third kappa shape index (κ3) is 2.56. The molecule has 0 amide bonds. The SMILES string of the molecule is CCN(CC)c1nc(N)nc(-c2ccccc2)n1. The Kier molecular flexibility index (Phi) is 3.72. The van der Waals surface area contributed by atoms with Gasteiger partial charge in [-0.25, -0.2) is 0 Å². The minimum Gasteiger partial charge on any atom is -0.368 e. The zero-order valence-corrected chi connectivity index (χ0v) is 10.7. The van der Waals surface area contributed by atoms with Gasteiger partial charge in [0.1, 0.15) is 0 Å². The number of nitrogen functional groups attached to an aromatic ring is 1. The molecule has 0 atom stereocenters. The van der Waals surface area contributed by atoms with Gasteiger partial charge < -0.3 is 10.6 Å². The Hall–Kier alpha value is -2.17. The summed E-state index contributed by atoms with van der Waals surface area (Å²) in [6.07, 6.45) is 0. The lowest BCUT2D eigenvalue weighted by atomic mass is 10.2. The van der Waals surface area contributed by atoms with Crippen molar-refractivity contribution in [2.45, 2.75) is 13.8 Å². The average Bonchev–Trinajstić information content (AvgIpc) is 2.40. The van der Waals surface area contributed by atoms with Gasteiger partial charge >= 0.3 is 0 Å². The molecule has 0 unspecified atom stereocenters. The number of hydrogen-bond acceptors (Lipinski definition) is 5. The number of anilines is 2. The molecule has 0 aliphatic heterocycles. The Labute approximate surface area is 107 Å². The van der Waals surface area contributed by atoms with Crippen molar-refractivity contribution < 1.29 is 0 Å². The maximum atomic E-state index is 5.76. The largest absolute Gasteiger partial charge is 0.368 e. The summed E-state index contributed by atoms with van der Waals surface area (Å²) in [5, 5.41) is 0. The van der Waals surface area contributed by atoms with Gasteiger partial charge in [0.2, 0.25) is 11.9 Å². The van der Waals surface area contributed by atoms with E-state index in [2.05, 4.69) is 28.8 Å². The van der Waals surface area contributed by atoms with Crippen LogP contribution >= 0.6 is 0 Å². The van der Waals surface area contributed by atoms with Crippen molar-refractivity contribution in [3.8, 4) is 11.4 Å². The highest BCUT2D eigenvalue weighted by Crippen LogP contribution is 2.18. The molecule has 2 N–H and O–H groups in total. The highest BCUT2D eigenvalue weighted by atomic mass is 15.3. The van der Waals surface area contributed by atoms with Crippen molar-refractivity contribution in [2.75, 3.05) is 23.7 Å². The van der Waals surface area contributed by atoms with Gasteiger partial charge in [-0.3, -0.25) is 0 Å². The molecule has 2 rings (SSSR count). The third-order valence-corrected chi connectivity index (χ3v) is 2.72. The molecule has 94 valence electrons. The summed E-state index contributed by atoms with van der Waals surface area (Å²) in [6.45, 7) is 5.81. The van der Waals surface area contributed by atoms with Gasteiger partial charge in [-0.05, 0) is 13.8 Å². The normalized spacial score (nSPS) is 10.3. The number of rotatable bonds is 4. The van der Waals surface area contributed by atoms with Gasteiger partial charge in [-0.15, -0.1) is 0 Å². The summed E-state index contributed by atoms with van der Waals surface area (Å²) < 4.78 is 0. The average molecular weight is 243 g/mol. The van der Waals surface area contributed by atoms with E-state index >= 15 is 0 Å². The van der Waals surface area contributed by atoms with Crippen molar-refractivity contribution in [1.82, 2.24) is 15.0 Å². The summed E-state index contributed by atoms with van der Waals surface area (Å²) in [4.78, 5) is 14.9. The van der Waals surface area contributed by atoms with Gasteiger partial charge in [-0.1, -0.05) is 30.3 Å². The van der Waals surface area contributed by atoms with E-state index in [1.807, 2.05) is 35.2 Å². The maximum Gasteiger partial charge on any atom is 0.230 e. The predicted octanol–water partition coefficient (Wildman–Crippen LogP) is 1.97. The maximum absolute atomic E-state index is 5.76. The monoisotopic (exact) mass is 243 g/mol. The molecule has 0 spiro atoms. The van der Waals surface area contributed by atoms with Crippen molar-refractivity contribution in [2.24, 2.45) is 0 Å². The molecule has 5 nitrogen and oxygen atoms in total. The number of benzene rings is 1. The molecule has 0 saturated heterocycles. The van der Waals surface area contributed by atoms with E-state index in [0.29, 0.717) is 11.8 Å². The zero-order valence-electron chi connectivity index (χ0n) is 10.7. The second-order valence-corrected chi connectivity index (χ2v) is 3.86. The van der Waals surface area contributed by atoms with Crippen molar-refractivity contribution in [1.29, 1.82) is 0 Å². The van der Waals surface area contributed by atoms with Gasteiger partial charge in [0.05, 0.1) is 0 Å². The standard InChI is InChI=1S/C13H17N5/c1-3-18(4-2)13-16-11(15-12(14)17-13)10-8-6-5-7-9-10/h5-9H,3-4H2,1-2H3,(H2,14,15,16,17). The van der Waals surface area contributed by atoms with Crippen LogP contribution in [-0.2, 0) is 0 Å². The topological polar surface area (TPSA) is 67.9 Å². The molecule has 1 heterocycles.